The zero-order valence-electron chi connectivity index (χ0n) is 7.64. The standard InChI is InChI=1S/C12H13P/c1-3-7-11-9(5-1)10-6-2-4-8-12(10)13-11/h1,3,5,7,13H,2,4,6,8H2. The highest BCUT2D eigenvalue weighted by atomic mass is 31.0. The summed E-state index contributed by atoms with van der Waals surface area (Å²) in [5.74, 6) is 0. The van der Waals surface area contributed by atoms with Crippen molar-refractivity contribution in [3.8, 4) is 0 Å². The SMILES string of the molecule is c1ccc2c3c([pH]c2c1)CCCC3. The first kappa shape index (κ1) is 7.64. The van der Waals surface area contributed by atoms with Gasteiger partial charge in [0.15, 0.2) is 0 Å². The van der Waals surface area contributed by atoms with Crippen LogP contribution in [0.3, 0.4) is 0 Å². The Hall–Kier alpha value is -0.740. The Kier molecular flexibility index (Phi) is 1.70. The predicted molar refractivity (Wildman–Crippen MR) is 60.1 cm³/mol. The van der Waals surface area contributed by atoms with E-state index in [1.165, 1.54) is 25.7 Å². The summed E-state index contributed by atoms with van der Waals surface area (Å²) in [7, 11) is 0.989. The van der Waals surface area contributed by atoms with Crippen molar-refractivity contribution in [1.29, 1.82) is 0 Å². The van der Waals surface area contributed by atoms with Crippen molar-refractivity contribution in [1.82, 2.24) is 0 Å². The van der Waals surface area contributed by atoms with Gasteiger partial charge in [-0.25, -0.2) is 0 Å². The highest BCUT2D eigenvalue weighted by Crippen LogP contribution is 2.39. The molecule has 3 rings (SSSR count). The third-order valence-electron chi connectivity index (χ3n) is 3.01. The molecule has 0 amide bonds. The maximum Gasteiger partial charge on any atom is -0.00127 e. The lowest BCUT2D eigenvalue weighted by molar-refractivity contribution is 0.700. The minimum absolute atomic E-state index is 0.989. The second-order valence-corrected chi connectivity index (χ2v) is 5.23. The first-order valence-corrected chi connectivity index (χ1v) is 6.03. The molecule has 1 heterocycles. The van der Waals surface area contributed by atoms with Gasteiger partial charge in [-0.2, -0.15) is 0 Å². The fourth-order valence-electron chi connectivity index (χ4n) is 2.36. The molecule has 2 aromatic rings. The van der Waals surface area contributed by atoms with Crippen LogP contribution in [-0.4, -0.2) is 0 Å². The third-order valence-corrected chi connectivity index (χ3v) is 4.56. The summed E-state index contributed by atoms with van der Waals surface area (Å²) < 4.78 is 0. The quantitative estimate of drug-likeness (QED) is 0.590. The van der Waals surface area contributed by atoms with Crippen molar-refractivity contribution in [2.45, 2.75) is 25.7 Å². The fraction of sp³-hybridized carbons (Fsp3) is 0.333. The fourth-order valence-corrected chi connectivity index (χ4v) is 3.94. The van der Waals surface area contributed by atoms with E-state index < -0.39 is 0 Å². The van der Waals surface area contributed by atoms with E-state index in [0.29, 0.717) is 0 Å². The van der Waals surface area contributed by atoms with Crippen LogP contribution in [-0.2, 0) is 12.8 Å². The molecule has 1 aliphatic rings. The van der Waals surface area contributed by atoms with Gasteiger partial charge in [-0.15, -0.1) is 8.19 Å². The summed E-state index contributed by atoms with van der Waals surface area (Å²) in [5, 5.41) is 4.91. The Morgan fingerprint density at radius 1 is 1.00 bits per heavy atom. The largest absolute Gasteiger partial charge is 0.128 e. The van der Waals surface area contributed by atoms with Gasteiger partial charge >= 0.3 is 0 Å². The van der Waals surface area contributed by atoms with Gasteiger partial charge in [0.2, 0.25) is 0 Å². The Morgan fingerprint density at radius 2 is 1.85 bits per heavy atom. The van der Waals surface area contributed by atoms with Crippen LogP contribution in [0.25, 0.3) is 10.5 Å². The average molecular weight is 188 g/mol. The van der Waals surface area contributed by atoms with Crippen LogP contribution in [0.5, 0.6) is 0 Å². The van der Waals surface area contributed by atoms with E-state index in [9.17, 15) is 0 Å². The van der Waals surface area contributed by atoms with Crippen LogP contribution in [0.4, 0.5) is 0 Å². The van der Waals surface area contributed by atoms with E-state index in [0.717, 1.165) is 8.19 Å². The van der Waals surface area contributed by atoms with Crippen molar-refractivity contribution in [2.75, 3.05) is 0 Å². The summed E-state index contributed by atoms with van der Waals surface area (Å²) in [6.45, 7) is 0. The molecule has 13 heavy (non-hydrogen) atoms. The topological polar surface area (TPSA) is 0 Å². The van der Waals surface area contributed by atoms with Gasteiger partial charge < -0.3 is 0 Å². The van der Waals surface area contributed by atoms with E-state index in [-0.39, 0.29) is 0 Å². The molecule has 0 bridgehead atoms. The van der Waals surface area contributed by atoms with Crippen molar-refractivity contribution in [2.24, 2.45) is 0 Å². The maximum absolute atomic E-state index is 2.30. The maximum atomic E-state index is 2.30. The van der Waals surface area contributed by atoms with E-state index in [1.807, 2.05) is 0 Å². The van der Waals surface area contributed by atoms with E-state index in [1.54, 1.807) is 21.4 Å². The molecule has 1 aliphatic carbocycles. The smallest absolute Gasteiger partial charge is 0.00127 e. The molecule has 66 valence electrons. The van der Waals surface area contributed by atoms with Crippen molar-refractivity contribution >= 4 is 18.7 Å². The minimum atomic E-state index is 0.989. The summed E-state index contributed by atoms with van der Waals surface area (Å²) in [6.07, 6.45) is 5.51. The van der Waals surface area contributed by atoms with Crippen LogP contribution in [0.2, 0.25) is 0 Å². The molecule has 1 atom stereocenters. The lowest BCUT2D eigenvalue weighted by atomic mass is 9.96. The molecule has 0 saturated heterocycles. The van der Waals surface area contributed by atoms with Gasteiger partial charge in [-0.1, -0.05) is 24.3 Å². The Bertz CT molecular complexity index is 439. The first-order chi connectivity index (χ1) is 6.45. The Balaban J connectivity index is 2.34. The molecule has 0 fully saturated rings. The van der Waals surface area contributed by atoms with E-state index in [4.69, 9.17) is 0 Å². The van der Waals surface area contributed by atoms with Gasteiger partial charge in [-0.3, -0.25) is 0 Å². The van der Waals surface area contributed by atoms with E-state index in [2.05, 4.69) is 24.3 Å². The molecule has 0 nitrogen and oxygen atoms in total. The van der Waals surface area contributed by atoms with Crippen LogP contribution in [0, 0.1) is 0 Å². The van der Waals surface area contributed by atoms with Crippen LogP contribution < -0.4 is 0 Å². The normalized spacial score (nSPS) is 16.6. The van der Waals surface area contributed by atoms with E-state index >= 15 is 0 Å². The number of hydrogen-bond acceptors (Lipinski definition) is 0. The Morgan fingerprint density at radius 3 is 2.85 bits per heavy atom. The molecule has 0 radical (unpaired) electrons. The predicted octanol–water partition coefficient (Wildman–Crippen LogP) is 3.75. The molecule has 0 saturated carbocycles. The molecular weight excluding hydrogens is 175 g/mol. The number of benzene rings is 1. The molecular formula is C12H13P. The number of fused-ring (bicyclic) bond motifs is 3. The van der Waals surface area contributed by atoms with Crippen LogP contribution in [0.1, 0.15) is 23.7 Å². The molecule has 0 spiro atoms. The summed E-state index contributed by atoms with van der Waals surface area (Å²) >= 11 is 0. The highest BCUT2D eigenvalue weighted by Gasteiger charge is 2.13. The zero-order valence-corrected chi connectivity index (χ0v) is 8.64. The number of hydrogen-bond donors (Lipinski definition) is 0. The minimum Gasteiger partial charge on any atom is -0.128 e. The second kappa shape index (κ2) is 2.89. The Labute approximate surface area is 80.1 Å². The van der Waals surface area contributed by atoms with Crippen molar-refractivity contribution < 1.29 is 0 Å². The summed E-state index contributed by atoms with van der Waals surface area (Å²) in [6, 6.07) is 8.94. The first-order valence-electron chi connectivity index (χ1n) is 5.03. The van der Waals surface area contributed by atoms with Gasteiger partial charge in [-0.05, 0) is 47.0 Å². The van der Waals surface area contributed by atoms with Gasteiger partial charge in [0.05, 0.1) is 0 Å². The molecule has 0 aliphatic heterocycles. The van der Waals surface area contributed by atoms with Gasteiger partial charge in [0.25, 0.3) is 0 Å². The lowest BCUT2D eigenvalue weighted by Gasteiger charge is -2.10. The zero-order chi connectivity index (χ0) is 8.67. The second-order valence-electron chi connectivity index (χ2n) is 3.83. The lowest BCUT2D eigenvalue weighted by Crippen LogP contribution is -1.97. The van der Waals surface area contributed by atoms with Crippen molar-refractivity contribution in [3.63, 3.8) is 0 Å². The molecule has 1 heteroatoms. The summed E-state index contributed by atoms with van der Waals surface area (Å²) in [5.41, 5.74) is 1.69. The average Bonchev–Trinajstić information content (AvgIpc) is 2.56. The molecule has 0 N–H and O–H groups in total. The number of rotatable bonds is 0. The van der Waals surface area contributed by atoms with Crippen LogP contribution >= 0.6 is 8.19 Å². The monoisotopic (exact) mass is 188 g/mol. The van der Waals surface area contributed by atoms with Gasteiger partial charge in [0, 0.05) is 0 Å². The summed E-state index contributed by atoms with van der Waals surface area (Å²) in [4.78, 5) is 0. The molecule has 1 unspecified atom stereocenters. The number of aryl methyl sites for hydroxylation is 2. The third kappa shape index (κ3) is 1.13. The molecule has 1 aromatic carbocycles. The highest BCUT2D eigenvalue weighted by molar-refractivity contribution is 7.38. The van der Waals surface area contributed by atoms with Crippen molar-refractivity contribution in [3.05, 3.63) is 35.1 Å². The molecule has 1 aromatic heterocycles. The van der Waals surface area contributed by atoms with Crippen LogP contribution in [0.15, 0.2) is 24.3 Å². The van der Waals surface area contributed by atoms with Gasteiger partial charge in [0.1, 0.15) is 0 Å².